The molecule has 0 heterocycles. The van der Waals surface area contributed by atoms with Gasteiger partial charge in [0.25, 0.3) is 0 Å². The van der Waals surface area contributed by atoms with Gasteiger partial charge in [-0.05, 0) is 99.2 Å². The molecule has 0 aromatic rings. The van der Waals surface area contributed by atoms with Crippen LogP contribution in [0.25, 0.3) is 0 Å². The van der Waals surface area contributed by atoms with Gasteiger partial charge in [-0.25, -0.2) is 0 Å². The van der Waals surface area contributed by atoms with Crippen molar-refractivity contribution in [1.29, 1.82) is 0 Å². The van der Waals surface area contributed by atoms with Crippen LogP contribution in [0.4, 0.5) is 0 Å². The van der Waals surface area contributed by atoms with Gasteiger partial charge in [0.15, 0.2) is 0 Å². The van der Waals surface area contributed by atoms with Crippen LogP contribution in [-0.4, -0.2) is 26.2 Å². The first-order valence-electron chi connectivity index (χ1n) is 20.7. The minimum atomic E-state index is 0.521. The number of rotatable bonds is 22. The summed E-state index contributed by atoms with van der Waals surface area (Å²) in [5, 5.41) is 6.97. The lowest BCUT2D eigenvalue weighted by atomic mass is 9.89. The largest absolute Gasteiger partial charge is 0.317 e. The molecule has 0 saturated carbocycles. The van der Waals surface area contributed by atoms with E-state index in [9.17, 15) is 0 Å². The maximum atomic E-state index is 3.54. The number of hydrogen-bond donors (Lipinski definition) is 2. The molecule has 0 unspecified atom stereocenters. The molecular formula is C44H98N2. The second-order valence-electron chi connectivity index (χ2n) is 19.0. The molecule has 0 spiro atoms. The molecule has 0 aliphatic heterocycles. The highest BCUT2D eigenvalue weighted by atomic mass is 14.8. The third kappa shape index (κ3) is 70.3. The quantitative estimate of drug-likeness (QED) is 0.114. The third-order valence-corrected chi connectivity index (χ3v) is 7.97. The van der Waals surface area contributed by atoms with Crippen molar-refractivity contribution in [3.05, 3.63) is 0 Å². The van der Waals surface area contributed by atoms with Gasteiger partial charge in [-0.2, -0.15) is 0 Å². The van der Waals surface area contributed by atoms with Crippen molar-refractivity contribution in [3.63, 3.8) is 0 Å². The van der Waals surface area contributed by atoms with Crippen molar-refractivity contribution in [3.8, 4) is 0 Å². The van der Waals surface area contributed by atoms with E-state index in [1.807, 2.05) is 0 Å². The van der Waals surface area contributed by atoms with Gasteiger partial charge in [0.2, 0.25) is 0 Å². The fourth-order valence-electron chi connectivity index (χ4n) is 5.10. The van der Waals surface area contributed by atoms with Gasteiger partial charge >= 0.3 is 0 Å². The Kier molecular flexibility index (Phi) is 39.9. The van der Waals surface area contributed by atoms with Crippen LogP contribution in [0.3, 0.4) is 0 Å². The molecule has 2 heteroatoms. The molecular weight excluding hydrogens is 556 g/mol. The maximum Gasteiger partial charge on any atom is -0.00489 e. The molecule has 284 valence electrons. The van der Waals surface area contributed by atoms with Crippen molar-refractivity contribution in [2.45, 2.75) is 239 Å². The van der Waals surface area contributed by atoms with Crippen molar-refractivity contribution in [2.24, 2.45) is 21.7 Å². The normalized spacial score (nSPS) is 12.0. The van der Waals surface area contributed by atoms with Crippen LogP contribution in [0.2, 0.25) is 0 Å². The molecule has 2 nitrogen and oxygen atoms in total. The summed E-state index contributed by atoms with van der Waals surface area (Å²) in [4.78, 5) is 0. The standard InChI is InChI=1S/C15H33N.C12H27N.C10H22.C7H16/c1-5-6-7-10-13-16-14-11-8-9-12-15(2,3)4;1-5-10-13-11-8-6-7-9-12(2,3)4;1-5-6-7-8-9-10(2,3)4;1-5-6-7(2,3)4/h16H,5-14H2,1-4H3;13H,5-11H2,1-4H3;5-9H2,1-4H3;5-6H2,1-4H3. The topological polar surface area (TPSA) is 24.1 Å². The molecule has 0 aliphatic carbocycles. The Morgan fingerprint density at radius 1 is 0.261 bits per heavy atom. The van der Waals surface area contributed by atoms with E-state index in [4.69, 9.17) is 0 Å². The molecule has 0 radical (unpaired) electrons. The average molecular weight is 655 g/mol. The van der Waals surface area contributed by atoms with Crippen LogP contribution >= 0.6 is 0 Å². The molecule has 0 aliphatic rings. The zero-order valence-electron chi connectivity index (χ0n) is 36.0. The molecule has 0 atom stereocenters. The highest BCUT2D eigenvalue weighted by molar-refractivity contribution is 4.63. The van der Waals surface area contributed by atoms with Crippen LogP contribution in [0.1, 0.15) is 239 Å². The van der Waals surface area contributed by atoms with Crippen LogP contribution < -0.4 is 10.6 Å². The van der Waals surface area contributed by atoms with E-state index in [0.29, 0.717) is 21.7 Å². The molecule has 2 N–H and O–H groups in total. The summed E-state index contributed by atoms with van der Waals surface area (Å²) >= 11 is 0. The zero-order valence-corrected chi connectivity index (χ0v) is 36.0. The Morgan fingerprint density at radius 2 is 0.543 bits per heavy atom. The van der Waals surface area contributed by atoms with E-state index in [-0.39, 0.29) is 0 Å². The minimum absolute atomic E-state index is 0.521. The molecule has 0 amide bonds. The monoisotopic (exact) mass is 655 g/mol. The third-order valence-electron chi connectivity index (χ3n) is 7.97. The van der Waals surface area contributed by atoms with Gasteiger partial charge in [0.1, 0.15) is 0 Å². The number of unbranched alkanes of at least 4 members (excludes halogenated alkanes) is 10. The predicted molar refractivity (Wildman–Crippen MR) is 219 cm³/mol. The van der Waals surface area contributed by atoms with Crippen LogP contribution in [-0.2, 0) is 0 Å². The van der Waals surface area contributed by atoms with E-state index in [1.54, 1.807) is 0 Å². The van der Waals surface area contributed by atoms with E-state index < -0.39 is 0 Å². The molecule has 0 aromatic carbocycles. The average Bonchev–Trinajstić information content (AvgIpc) is 2.90. The van der Waals surface area contributed by atoms with Crippen LogP contribution in [0.15, 0.2) is 0 Å². The fourth-order valence-corrected chi connectivity index (χ4v) is 5.10. The fraction of sp³-hybridized carbons (Fsp3) is 1.00. The van der Waals surface area contributed by atoms with E-state index >= 15 is 0 Å². The first-order valence-corrected chi connectivity index (χ1v) is 20.7. The number of nitrogens with one attached hydrogen (secondary N) is 2. The van der Waals surface area contributed by atoms with Gasteiger partial charge in [-0.1, -0.05) is 188 Å². The highest BCUT2D eigenvalue weighted by Crippen LogP contribution is 2.23. The molecule has 0 rings (SSSR count). The highest BCUT2D eigenvalue weighted by Gasteiger charge is 2.10. The summed E-state index contributed by atoms with van der Waals surface area (Å²) in [5.74, 6) is 0. The second kappa shape index (κ2) is 34.8. The maximum absolute atomic E-state index is 3.54. The van der Waals surface area contributed by atoms with Gasteiger partial charge in [-0.15, -0.1) is 0 Å². The zero-order chi connectivity index (χ0) is 36.4. The molecule has 0 saturated heterocycles. The van der Waals surface area contributed by atoms with Gasteiger partial charge in [0, 0.05) is 0 Å². The van der Waals surface area contributed by atoms with Gasteiger partial charge in [-0.3, -0.25) is 0 Å². The van der Waals surface area contributed by atoms with Crippen LogP contribution in [0.5, 0.6) is 0 Å². The van der Waals surface area contributed by atoms with Crippen molar-refractivity contribution in [1.82, 2.24) is 10.6 Å². The molecule has 46 heavy (non-hydrogen) atoms. The summed E-state index contributed by atoms with van der Waals surface area (Å²) in [6, 6.07) is 0. The Bertz CT molecular complexity index is 538. The lowest BCUT2D eigenvalue weighted by Crippen LogP contribution is -2.16. The summed E-state index contributed by atoms with van der Waals surface area (Å²) in [6.45, 7) is 41.5. The Labute approximate surface area is 297 Å². The van der Waals surface area contributed by atoms with E-state index in [0.717, 1.165) is 0 Å². The van der Waals surface area contributed by atoms with Crippen molar-refractivity contribution >= 4 is 0 Å². The van der Waals surface area contributed by atoms with Crippen LogP contribution in [0, 0.1) is 21.7 Å². The Morgan fingerprint density at radius 3 is 0.783 bits per heavy atom. The summed E-state index contributed by atoms with van der Waals surface area (Å²) in [7, 11) is 0. The van der Waals surface area contributed by atoms with Gasteiger partial charge in [0.05, 0.1) is 0 Å². The minimum Gasteiger partial charge on any atom is -0.317 e. The SMILES string of the molecule is CCCC(C)(C)C.CCCCCCC(C)(C)C.CCCCCCNCCCCCC(C)(C)C.CCCNCCCCCC(C)(C)C. The molecule has 0 aromatic heterocycles. The van der Waals surface area contributed by atoms with Gasteiger partial charge < -0.3 is 10.6 Å². The molecule has 0 bridgehead atoms. The second-order valence-corrected chi connectivity index (χ2v) is 19.0. The summed E-state index contributed by atoms with van der Waals surface area (Å²) in [5.41, 5.74) is 2.15. The summed E-state index contributed by atoms with van der Waals surface area (Å²) < 4.78 is 0. The first-order chi connectivity index (χ1) is 21.2. The van der Waals surface area contributed by atoms with E-state index in [1.165, 1.54) is 155 Å². The van der Waals surface area contributed by atoms with E-state index in [2.05, 4.69) is 121 Å². The Hall–Kier alpha value is -0.0800. The van der Waals surface area contributed by atoms with Crippen molar-refractivity contribution < 1.29 is 0 Å². The lowest BCUT2D eigenvalue weighted by Gasteiger charge is -2.17. The van der Waals surface area contributed by atoms with Crippen molar-refractivity contribution in [2.75, 3.05) is 26.2 Å². The lowest BCUT2D eigenvalue weighted by molar-refractivity contribution is 0.357. The Balaban J connectivity index is -0.000000266. The smallest absolute Gasteiger partial charge is 0.00489 e. The summed E-state index contributed by atoms with van der Waals surface area (Å²) in [6.07, 6.45) is 27.3. The number of hydrogen-bond acceptors (Lipinski definition) is 2. The molecule has 0 fully saturated rings. The predicted octanol–water partition coefficient (Wildman–Crippen LogP) is 15.2. The first kappa shape index (κ1) is 52.7.